The number of nitrogens with two attached hydrogens (primary N) is 1. The molecule has 0 amide bonds. The molecule has 1 unspecified atom stereocenters. The SMILES string of the molecule is CCC(CSC)N(C)Cc1ccc(N)c(Cl)c1. The number of thioether (sulfide) groups is 1. The Kier molecular flexibility index (Phi) is 6.17. The van der Waals surface area contributed by atoms with Crippen LogP contribution in [0.1, 0.15) is 18.9 Å². The van der Waals surface area contributed by atoms with Crippen LogP contribution in [-0.2, 0) is 6.54 Å². The average Bonchev–Trinajstić information content (AvgIpc) is 2.30. The third kappa shape index (κ3) is 4.41. The summed E-state index contributed by atoms with van der Waals surface area (Å²) in [6.07, 6.45) is 3.32. The van der Waals surface area contributed by atoms with Gasteiger partial charge in [-0.3, -0.25) is 4.90 Å². The molecule has 0 aliphatic heterocycles. The fourth-order valence-electron chi connectivity index (χ4n) is 1.84. The maximum atomic E-state index is 6.02. The molecule has 0 bridgehead atoms. The van der Waals surface area contributed by atoms with E-state index in [1.54, 1.807) is 0 Å². The van der Waals surface area contributed by atoms with E-state index < -0.39 is 0 Å². The van der Waals surface area contributed by atoms with E-state index in [0.717, 1.165) is 12.3 Å². The zero-order chi connectivity index (χ0) is 12.8. The molecule has 17 heavy (non-hydrogen) atoms. The van der Waals surface area contributed by atoms with Crippen LogP contribution in [-0.4, -0.2) is 30.0 Å². The number of hydrogen-bond acceptors (Lipinski definition) is 3. The first-order chi connectivity index (χ1) is 8.08. The molecule has 4 heteroatoms. The molecule has 0 aromatic heterocycles. The van der Waals surface area contributed by atoms with Gasteiger partial charge in [-0.05, 0) is 37.4 Å². The molecular formula is C13H21ClN2S. The fourth-order valence-corrected chi connectivity index (χ4v) is 2.91. The van der Waals surface area contributed by atoms with Crippen molar-refractivity contribution >= 4 is 29.1 Å². The molecule has 0 spiro atoms. The molecule has 0 saturated carbocycles. The Morgan fingerprint density at radius 1 is 1.47 bits per heavy atom. The lowest BCUT2D eigenvalue weighted by Gasteiger charge is -2.26. The van der Waals surface area contributed by atoms with Crippen molar-refractivity contribution in [2.45, 2.75) is 25.9 Å². The number of hydrogen-bond donors (Lipinski definition) is 1. The molecule has 0 radical (unpaired) electrons. The maximum Gasteiger partial charge on any atom is 0.0638 e. The van der Waals surface area contributed by atoms with E-state index in [1.807, 2.05) is 30.0 Å². The highest BCUT2D eigenvalue weighted by Gasteiger charge is 2.12. The van der Waals surface area contributed by atoms with Gasteiger partial charge in [0.2, 0.25) is 0 Å². The topological polar surface area (TPSA) is 29.3 Å². The van der Waals surface area contributed by atoms with E-state index >= 15 is 0 Å². The van der Waals surface area contributed by atoms with Crippen molar-refractivity contribution in [1.29, 1.82) is 0 Å². The lowest BCUT2D eigenvalue weighted by Crippen LogP contribution is -2.32. The van der Waals surface area contributed by atoms with Crippen LogP contribution < -0.4 is 5.73 Å². The summed E-state index contributed by atoms with van der Waals surface area (Å²) in [5.41, 5.74) is 7.57. The molecule has 0 saturated heterocycles. The van der Waals surface area contributed by atoms with Gasteiger partial charge in [-0.1, -0.05) is 24.6 Å². The molecule has 2 N–H and O–H groups in total. The van der Waals surface area contributed by atoms with Crippen LogP contribution in [0.15, 0.2) is 18.2 Å². The van der Waals surface area contributed by atoms with Crippen molar-refractivity contribution in [2.24, 2.45) is 0 Å². The number of nitrogen functional groups attached to an aromatic ring is 1. The van der Waals surface area contributed by atoms with Crippen molar-refractivity contribution in [3.05, 3.63) is 28.8 Å². The second-order valence-electron chi connectivity index (χ2n) is 4.29. The zero-order valence-electron chi connectivity index (χ0n) is 10.7. The first-order valence-corrected chi connectivity index (χ1v) is 7.58. The van der Waals surface area contributed by atoms with Gasteiger partial charge in [-0.2, -0.15) is 11.8 Å². The highest BCUT2D eigenvalue weighted by molar-refractivity contribution is 7.98. The first kappa shape index (κ1) is 14.7. The molecule has 96 valence electrons. The second kappa shape index (κ2) is 7.14. The van der Waals surface area contributed by atoms with E-state index in [9.17, 15) is 0 Å². The molecule has 1 atom stereocenters. The minimum absolute atomic E-state index is 0.612. The normalized spacial score (nSPS) is 13.0. The standard InChI is InChI=1S/C13H21ClN2S/c1-4-11(9-17-3)16(2)8-10-5-6-13(15)12(14)7-10/h5-7,11H,4,8-9,15H2,1-3H3. The minimum Gasteiger partial charge on any atom is -0.398 e. The van der Waals surface area contributed by atoms with Crippen LogP contribution in [0.5, 0.6) is 0 Å². The number of halogens is 1. The lowest BCUT2D eigenvalue weighted by molar-refractivity contribution is 0.248. The molecule has 0 fully saturated rings. The second-order valence-corrected chi connectivity index (χ2v) is 5.61. The predicted octanol–water partition coefficient (Wildman–Crippen LogP) is 3.50. The summed E-state index contributed by atoms with van der Waals surface area (Å²) in [5.74, 6) is 1.16. The van der Waals surface area contributed by atoms with E-state index in [2.05, 4.69) is 25.1 Å². The highest BCUT2D eigenvalue weighted by atomic mass is 35.5. The Morgan fingerprint density at radius 3 is 2.71 bits per heavy atom. The third-order valence-corrected chi connectivity index (χ3v) is 4.00. The van der Waals surface area contributed by atoms with Crippen LogP contribution in [0.2, 0.25) is 5.02 Å². The highest BCUT2D eigenvalue weighted by Crippen LogP contribution is 2.21. The Morgan fingerprint density at radius 2 is 2.18 bits per heavy atom. The monoisotopic (exact) mass is 272 g/mol. The molecule has 1 aromatic carbocycles. The Hall–Kier alpha value is -0.380. The van der Waals surface area contributed by atoms with Crippen molar-refractivity contribution in [2.75, 3.05) is 24.8 Å². The van der Waals surface area contributed by atoms with Gasteiger partial charge in [0, 0.05) is 18.3 Å². The molecule has 0 heterocycles. The summed E-state index contributed by atoms with van der Waals surface area (Å²) in [7, 11) is 2.16. The van der Waals surface area contributed by atoms with E-state index in [-0.39, 0.29) is 0 Å². The fraction of sp³-hybridized carbons (Fsp3) is 0.538. The van der Waals surface area contributed by atoms with E-state index in [1.165, 1.54) is 12.0 Å². The van der Waals surface area contributed by atoms with Crippen LogP contribution >= 0.6 is 23.4 Å². The van der Waals surface area contributed by atoms with Gasteiger partial charge in [-0.25, -0.2) is 0 Å². The Bertz CT molecular complexity index is 357. The summed E-state index contributed by atoms with van der Waals surface area (Å²) in [6, 6.07) is 6.49. The van der Waals surface area contributed by atoms with Crippen LogP contribution in [0.3, 0.4) is 0 Å². The zero-order valence-corrected chi connectivity index (χ0v) is 12.3. The summed E-state index contributed by atoms with van der Waals surface area (Å²) in [4.78, 5) is 2.37. The number of benzene rings is 1. The Labute approximate surface area is 114 Å². The molecule has 1 aromatic rings. The predicted molar refractivity (Wildman–Crippen MR) is 79.8 cm³/mol. The van der Waals surface area contributed by atoms with Gasteiger partial charge in [-0.15, -0.1) is 0 Å². The van der Waals surface area contributed by atoms with Crippen molar-refractivity contribution < 1.29 is 0 Å². The quantitative estimate of drug-likeness (QED) is 0.804. The first-order valence-electron chi connectivity index (χ1n) is 5.81. The number of nitrogens with zero attached hydrogens (tertiary/aromatic N) is 1. The van der Waals surface area contributed by atoms with Gasteiger partial charge < -0.3 is 5.73 Å². The molecule has 0 aliphatic rings. The van der Waals surface area contributed by atoms with Gasteiger partial charge in [0.25, 0.3) is 0 Å². The van der Waals surface area contributed by atoms with Gasteiger partial charge in [0.1, 0.15) is 0 Å². The van der Waals surface area contributed by atoms with E-state index in [0.29, 0.717) is 16.8 Å². The minimum atomic E-state index is 0.612. The molecule has 1 rings (SSSR count). The van der Waals surface area contributed by atoms with Gasteiger partial charge in [0.05, 0.1) is 10.7 Å². The average molecular weight is 273 g/mol. The smallest absolute Gasteiger partial charge is 0.0638 e. The summed E-state index contributed by atoms with van der Waals surface area (Å²) < 4.78 is 0. The molecular weight excluding hydrogens is 252 g/mol. The van der Waals surface area contributed by atoms with Gasteiger partial charge >= 0.3 is 0 Å². The number of rotatable bonds is 6. The van der Waals surface area contributed by atoms with Gasteiger partial charge in [0.15, 0.2) is 0 Å². The number of anilines is 1. The lowest BCUT2D eigenvalue weighted by atomic mass is 10.1. The van der Waals surface area contributed by atoms with Crippen LogP contribution in [0.25, 0.3) is 0 Å². The largest absolute Gasteiger partial charge is 0.398 e. The molecule has 0 aliphatic carbocycles. The van der Waals surface area contributed by atoms with Crippen molar-refractivity contribution in [1.82, 2.24) is 4.90 Å². The maximum absolute atomic E-state index is 6.02. The molecule has 2 nitrogen and oxygen atoms in total. The Balaban J connectivity index is 2.66. The van der Waals surface area contributed by atoms with E-state index in [4.69, 9.17) is 17.3 Å². The third-order valence-electron chi connectivity index (χ3n) is 2.95. The van der Waals surface area contributed by atoms with Crippen molar-refractivity contribution in [3.63, 3.8) is 0 Å². The summed E-state index contributed by atoms with van der Waals surface area (Å²) in [5, 5.41) is 0.647. The van der Waals surface area contributed by atoms with Crippen LogP contribution in [0.4, 0.5) is 5.69 Å². The summed E-state index contributed by atoms with van der Waals surface area (Å²) in [6.45, 7) is 3.15. The summed E-state index contributed by atoms with van der Waals surface area (Å²) >= 11 is 7.92. The van der Waals surface area contributed by atoms with Crippen LogP contribution in [0, 0.1) is 0 Å². The van der Waals surface area contributed by atoms with Crippen molar-refractivity contribution in [3.8, 4) is 0 Å².